The summed E-state index contributed by atoms with van der Waals surface area (Å²) < 4.78 is 10.4. The molecule has 0 aliphatic rings. The van der Waals surface area contributed by atoms with E-state index in [1.807, 2.05) is 18.2 Å². The van der Waals surface area contributed by atoms with E-state index in [1.165, 1.54) is 20.4 Å². The number of ether oxygens (including phenoxy) is 2. The van der Waals surface area contributed by atoms with Gasteiger partial charge in [-0.25, -0.2) is 0 Å². The van der Waals surface area contributed by atoms with Gasteiger partial charge >= 0.3 is 0 Å². The van der Waals surface area contributed by atoms with Crippen LogP contribution in [0.1, 0.15) is 26.3 Å². The van der Waals surface area contributed by atoms with Crippen LogP contribution < -0.4 is 20.1 Å². The van der Waals surface area contributed by atoms with E-state index >= 15 is 0 Å². The highest BCUT2D eigenvalue weighted by Crippen LogP contribution is 2.27. The molecule has 0 fully saturated rings. The molecule has 0 radical (unpaired) electrons. The van der Waals surface area contributed by atoms with E-state index in [9.17, 15) is 9.59 Å². The number of anilines is 1. The molecule has 2 N–H and O–H groups in total. The zero-order chi connectivity index (χ0) is 20.6. The third-order valence-electron chi connectivity index (χ3n) is 4.21. The van der Waals surface area contributed by atoms with Crippen LogP contribution in [0.4, 0.5) is 5.69 Å². The molecular weight excluding hydrogens is 370 g/mol. The number of benzene rings is 2. The molecule has 0 aliphatic carbocycles. The van der Waals surface area contributed by atoms with E-state index in [0.717, 1.165) is 5.56 Å². The van der Waals surface area contributed by atoms with Crippen molar-refractivity contribution in [3.8, 4) is 11.5 Å². The summed E-state index contributed by atoms with van der Waals surface area (Å²) in [6, 6.07) is 15.6. The molecule has 1 heterocycles. The molecule has 0 saturated heterocycles. The predicted octanol–water partition coefficient (Wildman–Crippen LogP) is 3.28. The molecule has 0 bridgehead atoms. The summed E-state index contributed by atoms with van der Waals surface area (Å²) in [6.07, 6.45) is 3.11. The van der Waals surface area contributed by atoms with Gasteiger partial charge in [0.05, 0.1) is 19.8 Å². The van der Waals surface area contributed by atoms with Gasteiger partial charge in [-0.05, 0) is 48.0 Å². The van der Waals surface area contributed by atoms with E-state index < -0.39 is 0 Å². The first kappa shape index (κ1) is 19.9. The predicted molar refractivity (Wildman–Crippen MR) is 109 cm³/mol. The van der Waals surface area contributed by atoms with Gasteiger partial charge in [-0.15, -0.1) is 0 Å². The molecule has 0 saturated carbocycles. The largest absolute Gasteiger partial charge is 0.493 e. The summed E-state index contributed by atoms with van der Waals surface area (Å²) in [4.78, 5) is 28.6. The van der Waals surface area contributed by atoms with E-state index in [1.54, 1.807) is 42.6 Å². The Morgan fingerprint density at radius 3 is 2.45 bits per heavy atom. The quantitative estimate of drug-likeness (QED) is 0.645. The minimum absolute atomic E-state index is 0.240. The second-order valence-corrected chi connectivity index (χ2v) is 6.15. The smallest absolute Gasteiger partial charge is 0.257 e. The molecule has 148 valence electrons. The van der Waals surface area contributed by atoms with Crippen molar-refractivity contribution < 1.29 is 19.1 Å². The molecular formula is C22H21N3O4. The molecule has 7 nitrogen and oxygen atoms in total. The number of rotatable bonds is 7. The van der Waals surface area contributed by atoms with Gasteiger partial charge in [0.15, 0.2) is 11.5 Å². The Labute approximate surface area is 168 Å². The van der Waals surface area contributed by atoms with Gasteiger partial charge in [0.25, 0.3) is 11.8 Å². The van der Waals surface area contributed by atoms with E-state index in [-0.39, 0.29) is 11.8 Å². The third-order valence-corrected chi connectivity index (χ3v) is 4.21. The van der Waals surface area contributed by atoms with Gasteiger partial charge in [0.1, 0.15) is 0 Å². The molecule has 7 heteroatoms. The summed E-state index contributed by atoms with van der Waals surface area (Å²) >= 11 is 0. The molecule has 0 atom stereocenters. The van der Waals surface area contributed by atoms with Crippen molar-refractivity contribution in [3.63, 3.8) is 0 Å². The van der Waals surface area contributed by atoms with Crippen LogP contribution in [0.5, 0.6) is 11.5 Å². The Hall–Kier alpha value is -3.87. The van der Waals surface area contributed by atoms with Crippen molar-refractivity contribution in [2.45, 2.75) is 6.54 Å². The Kier molecular flexibility index (Phi) is 6.42. The summed E-state index contributed by atoms with van der Waals surface area (Å²) in [5, 5.41) is 5.68. The number of hydrogen-bond acceptors (Lipinski definition) is 5. The van der Waals surface area contributed by atoms with Crippen LogP contribution in [-0.2, 0) is 6.54 Å². The monoisotopic (exact) mass is 391 g/mol. The highest BCUT2D eigenvalue weighted by Gasteiger charge is 2.11. The van der Waals surface area contributed by atoms with Crippen molar-refractivity contribution in [1.82, 2.24) is 10.3 Å². The third kappa shape index (κ3) is 5.10. The fraction of sp³-hybridized carbons (Fsp3) is 0.136. The molecule has 0 spiro atoms. The van der Waals surface area contributed by atoms with Gasteiger partial charge in [-0.2, -0.15) is 0 Å². The zero-order valence-electron chi connectivity index (χ0n) is 16.1. The first-order valence-corrected chi connectivity index (χ1v) is 8.91. The molecule has 0 aliphatic heterocycles. The number of nitrogens with zero attached hydrogens (tertiary/aromatic N) is 1. The summed E-state index contributed by atoms with van der Waals surface area (Å²) in [5.74, 6) is 0.557. The van der Waals surface area contributed by atoms with Crippen LogP contribution in [0.3, 0.4) is 0 Å². The zero-order valence-corrected chi connectivity index (χ0v) is 16.1. The van der Waals surface area contributed by atoms with Crippen molar-refractivity contribution >= 4 is 17.5 Å². The first-order chi connectivity index (χ1) is 14.1. The molecule has 29 heavy (non-hydrogen) atoms. The lowest BCUT2D eigenvalue weighted by Crippen LogP contribution is -2.23. The Balaban J connectivity index is 1.63. The minimum Gasteiger partial charge on any atom is -0.493 e. The lowest BCUT2D eigenvalue weighted by Gasteiger charge is -2.11. The molecule has 2 amide bonds. The number of amides is 2. The van der Waals surface area contributed by atoms with Gasteiger partial charge in [0.2, 0.25) is 0 Å². The second-order valence-electron chi connectivity index (χ2n) is 6.15. The van der Waals surface area contributed by atoms with Crippen molar-refractivity contribution in [2.75, 3.05) is 19.5 Å². The molecule has 0 unspecified atom stereocenters. The summed E-state index contributed by atoms with van der Waals surface area (Å²) in [6.45, 7) is 0.309. The van der Waals surface area contributed by atoms with E-state index in [0.29, 0.717) is 34.9 Å². The highest BCUT2D eigenvalue weighted by atomic mass is 16.5. The molecule has 3 aromatic rings. The van der Waals surface area contributed by atoms with Crippen LogP contribution in [0.25, 0.3) is 0 Å². The Morgan fingerprint density at radius 2 is 1.72 bits per heavy atom. The number of nitrogens with one attached hydrogen (secondary N) is 2. The van der Waals surface area contributed by atoms with Crippen molar-refractivity contribution in [3.05, 3.63) is 83.7 Å². The topological polar surface area (TPSA) is 89.6 Å². The van der Waals surface area contributed by atoms with Crippen LogP contribution in [-0.4, -0.2) is 31.0 Å². The molecule has 3 rings (SSSR count). The second kappa shape index (κ2) is 9.36. The minimum atomic E-state index is -0.246. The van der Waals surface area contributed by atoms with E-state index in [2.05, 4.69) is 15.6 Å². The lowest BCUT2D eigenvalue weighted by atomic mass is 10.1. The first-order valence-electron chi connectivity index (χ1n) is 8.91. The number of hydrogen-bond donors (Lipinski definition) is 2. The number of pyridine rings is 1. The van der Waals surface area contributed by atoms with Crippen LogP contribution >= 0.6 is 0 Å². The maximum Gasteiger partial charge on any atom is 0.257 e. The lowest BCUT2D eigenvalue weighted by molar-refractivity contribution is 0.0949. The number of carbonyl (C=O) groups excluding carboxylic acids is 2. The van der Waals surface area contributed by atoms with Gasteiger partial charge in [0, 0.05) is 30.2 Å². The normalized spacial score (nSPS) is 10.1. The van der Waals surface area contributed by atoms with Gasteiger partial charge in [-0.1, -0.05) is 12.1 Å². The van der Waals surface area contributed by atoms with Gasteiger partial charge < -0.3 is 20.1 Å². The maximum absolute atomic E-state index is 12.4. The highest BCUT2D eigenvalue weighted by molar-refractivity contribution is 6.04. The fourth-order valence-electron chi connectivity index (χ4n) is 2.72. The maximum atomic E-state index is 12.4. The van der Waals surface area contributed by atoms with Crippen molar-refractivity contribution in [1.29, 1.82) is 0 Å². The standard InChI is InChI=1S/C22H21N3O4/c1-28-19-9-8-16(12-20(19)29-2)21(26)24-13-15-5-3-7-18(11-15)25-22(27)17-6-4-10-23-14-17/h3-12,14H,13H2,1-2H3,(H,24,26)(H,25,27). The average Bonchev–Trinajstić information content (AvgIpc) is 2.77. The Morgan fingerprint density at radius 1 is 0.897 bits per heavy atom. The Bertz CT molecular complexity index is 1010. The van der Waals surface area contributed by atoms with E-state index in [4.69, 9.17) is 9.47 Å². The van der Waals surface area contributed by atoms with Crippen LogP contribution in [0.2, 0.25) is 0 Å². The number of methoxy groups -OCH3 is 2. The van der Waals surface area contributed by atoms with Crippen molar-refractivity contribution in [2.24, 2.45) is 0 Å². The van der Waals surface area contributed by atoms with Crippen LogP contribution in [0.15, 0.2) is 67.0 Å². The average molecular weight is 391 g/mol. The SMILES string of the molecule is COc1ccc(C(=O)NCc2cccc(NC(=O)c3cccnc3)c2)cc1OC. The van der Waals surface area contributed by atoms with Gasteiger partial charge in [-0.3, -0.25) is 14.6 Å². The molecule has 2 aromatic carbocycles. The number of carbonyl (C=O) groups is 2. The summed E-state index contributed by atoms with van der Waals surface area (Å²) in [5.41, 5.74) is 2.42. The summed E-state index contributed by atoms with van der Waals surface area (Å²) in [7, 11) is 3.06. The van der Waals surface area contributed by atoms with Crippen LogP contribution in [0, 0.1) is 0 Å². The fourth-order valence-corrected chi connectivity index (χ4v) is 2.72. The molecule has 1 aromatic heterocycles. The number of aromatic nitrogens is 1.